The zero-order chi connectivity index (χ0) is 11.0. The maximum absolute atomic E-state index is 10.7. The van der Waals surface area contributed by atoms with Crippen LogP contribution in [-0.4, -0.2) is 9.91 Å². The van der Waals surface area contributed by atoms with E-state index in [1.807, 2.05) is 19.9 Å². The van der Waals surface area contributed by atoms with Crippen molar-refractivity contribution in [2.45, 2.75) is 20.3 Å². The van der Waals surface area contributed by atoms with Crippen molar-refractivity contribution in [2.24, 2.45) is 0 Å². The average molecular weight is 204 g/mol. The number of nitro benzene ring substituents is 1. The number of nitro groups is 1. The number of hydrogen-bond donors (Lipinski definition) is 1. The Morgan fingerprint density at radius 3 is 2.73 bits per heavy atom. The first kappa shape index (κ1) is 9.71. The van der Waals surface area contributed by atoms with E-state index in [0.29, 0.717) is 0 Å². The summed E-state index contributed by atoms with van der Waals surface area (Å²) < 4.78 is 0. The third-order valence-electron chi connectivity index (χ3n) is 2.52. The monoisotopic (exact) mass is 204 g/mol. The van der Waals surface area contributed by atoms with Gasteiger partial charge in [0.15, 0.2) is 0 Å². The number of non-ortho nitro benzene ring substituents is 1. The number of aromatic amines is 1. The van der Waals surface area contributed by atoms with Gasteiger partial charge in [-0.05, 0) is 25.0 Å². The molecule has 4 heteroatoms. The van der Waals surface area contributed by atoms with E-state index in [1.54, 1.807) is 12.1 Å². The highest BCUT2D eigenvalue weighted by Crippen LogP contribution is 2.25. The fourth-order valence-corrected chi connectivity index (χ4v) is 1.83. The van der Waals surface area contributed by atoms with Gasteiger partial charge in [-0.3, -0.25) is 10.1 Å². The highest BCUT2D eigenvalue weighted by molar-refractivity contribution is 5.86. The molecule has 0 aliphatic carbocycles. The first-order valence-corrected chi connectivity index (χ1v) is 4.88. The standard InChI is InChI=1S/C11H12N2O2/c1-3-8-5-10(13(14)15)6-9-4-7(2)12-11(8)9/h4-6,12H,3H2,1-2H3. The number of nitrogens with one attached hydrogen (secondary N) is 1. The van der Waals surface area contributed by atoms with E-state index in [1.165, 1.54) is 0 Å². The van der Waals surface area contributed by atoms with Crippen LogP contribution in [-0.2, 0) is 6.42 Å². The van der Waals surface area contributed by atoms with Crippen LogP contribution in [0.15, 0.2) is 18.2 Å². The summed E-state index contributed by atoms with van der Waals surface area (Å²) in [5.74, 6) is 0. The van der Waals surface area contributed by atoms with Gasteiger partial charge >= 0.3 is 0 Å². The summed E-state index contributed by atoms with van der Waals surface area (Å²) in [5.41, 5.74) is 3.20. The molecule has 0 radical (unpaired) electrons. The van der Waals surface area contributed by atoms with Crippen molar-refractivity contribution in [2.75, 3.05) is 0 Å². The van der Waals surface area contributed by atoms with Crippen molar-refractivity contribution in [1.29, 1.82) is 0 Å². The molecular weight excluding hydrogens is 192 g/mol. The Bertz CT molecular complexity index is 529. The molecule has 0 aliphatic heterocycles. The molecule has 0 unspecified atom stereocenters. The van der Waals surface area contributed by atoms with Crippen molar-refractivity contribution < 1.29 is 4.92 Å². The number of benzene rings is 1. The topological polar surface area (TPSA) is 58.9 Å². The maximum atomic E-state index is 10.7. The number of nitrogens with zero attached hydrogens (tertiary/aromatic N) is 1. The lowest BCUT2D eigenvalue weighted by molar-refractivity contribution is -0.384. The summed E-state index contributed by atoms with van der Waals surface area (Å²) in [6, 6.07) is 5.18. The molecule has 0 bridgehead atoms. The number of fused-ring (bicyclic) bond motifs is 1. The molecule has 1 N–H and O–H groups in total. The molecule has 1 heterocycles. The Labute approximate surface area is 87.1 Å². The molecule has 0 aliphatic rings. The van der Waals surface area contributed by atoms with Gasteiger partial charge in [-0.15, -0.1) is 0 Å². The molecule has 78 valence electrons. The highest BCUT2D eigenvalue weighted by atomic mass is 16.6. The molecule has 0 saturated carbocycles. The van der Waals surface area contributed by atoms with Crippen molar-refractivity contribution in [3.8, 4) is 0 Å². The van der Waals surface area contributed by atoms with Crippen LogP contribution in [0.1, 0.15) is 18.2 Å². The van der Waals surface area contributed by atoms with Gasteiger partial charge in [0.1, 0.15) is 0 Å². The second-order valence-electron chi connectivity index (χ2n) is 3.63. The maximum Gasteiger partial charge on any atom is 0.270 e. The minimum Gasteiger partial charge on any atom is -0.358 e. The first-order valence-electron chi connectivity index (χ1n) is 4.88. The predicted octanol–water partition coefficient (Wildman–Crippen LogP) is 2.95. The normalized spacial score (nSPS) is 10.8. The summed E-state index contributed by atoms with van der Waals surface area (Å²) in [6.07, 6.45) is 0.790. The average Bonchev–Trinajstić information content (AvgIpc) is 2.56. The van der Waals surface area contributed by atoms with Gasteiger partial charge in [0.2, 0.25) is 0 Å². The fourth-order valence-electron chi connectivity index (χ4n) is 1.83. The summed E-state index contributed by atoms with van der Waals surface area (Å²) >= 11 is 0. The Kier molecular flexibility index (Phi) is 2.19. The minimum absolute atomic E-state index is 0.165. The number of H-pyrrole nitrogens is 1. The van der Waals surface area contributed by atoms with Gasteiger partial charge in [0.05, 0.1) is 4.92 Å². The lowest BCUT2D eigenvalue weighted by atomic mass is 10.1. The van der Waals surface area contributed by atoms with Gasteiger partial charge < -0.3 is 4.98 Å². The van der Waals surface area contributed by atoms with Gasteiger partial charge in [0.25, 0.3) is 5.69 Å². The summed E-state index contributed by atoms with van der Waals surface area (Å²) in [6.45, 7) is 3.94. The molecule has 0 amide bonds. The molecule has 1 aromatic carbocycles. The SMILES string of the molecule is CCc1cc([N+](=O)[O-])cc2cc(C)[nH]c12. The second kappa shape index (κ2) is 3.38. The van der Waals surface area contributed by atoms with E-state index in [2.05, 4.69) is 4.98 Å². The third kappa shape index (κ3) is 1.58. The van der Waals surface area contributed by atoms with Crippen molar-refractivity contribution in [3.05, 3.63) is 39.6 Å². The molecule has 0 saturated heterocycles. The molecule has 0 spiro atoms. The van der Waals surface area contributed by atoms with E-state index in [-0.39, 0.29) is 10.6 Å². The Hall–Kier alpha value is -1.84. The van der Waals surface area contributed by atoms with Gasteiger partial charge in [-0.25, -0.2) is 0 Å². The van der Waals surface area contributed by atoms with Crippen LogP contribution in [0.25, 0.3) is 10.9 Å². The molecule has 15 heavy (non-hydrogen) atoms. The molecule has 0 fully saturated rings. The third-order valence-corrected chi connectivity index (χ3v) is 2.52. The summed E-state index contributed by atoms with van der Waals surface area (Å²) in [7, 11) is 0. The quantitative estimate of drug-likeness (QED) is 0.604. The summed E-state index contributed by atoms with van der Waals surface area (Å²) in [4.78, 5) is 13.6. The Morgan fingerprint density at radius 1 is 1.40 bits per heavy atom. The van der Waals surface area contributed by atoms with Crippen LogP contribution in [0.5, 0.6) is 0 Å². The fraction of sp³-hybridized carbons (Fsp3) is 0.273. The van der Waals surface area contributed by atoms with E-state index >= 15 is 0 Å². The highest BCUT2D eigenvalue weighted by Gasteiger charge is 2.11. The number of hydrogen-bond acceptors (Lipinski definition) is 2. The van der Waals surface area contributed by atoms with Crippen LogP contribution in [0, 0.1) is 17.0 Å². The van der Waals surface area contributed by atoms with Gasteiger partial charge in [-0.1, -0.05) is 6.92 Å². The molecule has 0 atom stereocenters. The smallest absolute Gasteiger partial charge is 0.270 e. The molecule has 1 aromatic heterocycles. The van der Waals surface area contributed by atoms with Crippen LogP contribution < -0.4 is 0 Å². The minimum atomic E-state index is -0.346. The van der Waals surface area contributed by atoms with E-state index in [4.69, 9.17) is 0 Å². The molecular formula is C11H12N2O2. The number of rotatable bonds is 2. The molecule has 4 nitrogen and oxygen atoms in total. The van der Waals surface area contributed by atoms with E-state index < -0.39 is 0 Å². The lowest BCUT2D eigenvalue weighted by Crippen LogP contribution is -1.91. The predicted molar refractivity (Wildman–Crippen MR) is 59.1 cm³/mol. The summed E-state index contributed by atoms with van der Waals surface area (Å²) in [5, 5.41) is 11.6. The van der Waals surface area contributed by atoms with Crippen molar-refractivity contribution in [1.82, 2.24) is 4.98 Å². The van der Waals surface area contributed by atoms with Gasteiger partial charge in [0, 0.05) is 28.7 Å². The van der Waals surface area contributed by atoms with Gasteiger partial charge in [-0.2, -0.15) is 0 Å². The largest absolute Gasteiger partial charge is 0.358 e. The lowest BCUT2D eigenvalue weighted by Gasteiger charge is -1.99. The van der Waals surface area contributed by atoms with Crippen LogP contribution in [0.4, 0.5) is 5.69 Å². The van der Waals surface area contributed by atoms with E-state index in [9.17, 15) is 10.1 Å². The van der Waals surface area contributed by atoms with Crippen LogP contribution >= 0.6 is 0 Å². The van der Waals surface area contributed by atoms with Crippen molar-refractivity contribution in [3.63, 3.8) is 0 Å². The zero-order valence-electron chi connectivity index (χ0n) is 8.70. The zero-order valence-corrected chi connectivity index (χ0v) is 8.70. The first-order chi connectivity index (χ1) is 7.11. The molecule has 2 aromatic rings. The number of aryl methyl sites for hydroxylation is 2. The molecule has 2 rings (SSSR count). The van der Waals surface area contributed by atoms with Crippen LogP contribution in [0.3, 0.4) is 0 Å². The Morgan fingerprint density at radius 2 is 2.13 bits per heavy atom. The Balaban J connectivity index is 2.76. The van der Waals surface area contributed by atoms with Crippen molar-refractivity contribution >= 4 is 16.6 Å². The van der Waals surface area contributed by atoms with Crippen LogP contribution in [0.2, 0.25) is 0 Å². The number of aromatic nitrogens is 1. The van der Waals surface area contributed by atoms with E-state index in [0.717, 1.165) is 28.6 Å². The second-order valence-corrected chi connectivity index (χ2v) is 3.63.